The molecule has 4 rings (SSSR count). The summed E-state index contributed by atoms with van der Waals surface area (Å²) < 4.78 is 37.0. The third-order valence-electron chi connectivity index (χ3n) is 4.88. The van der Waals surface area contributed by atoms with E-state index in [0.29, 0.717) is 47.5 Å². The molecule has 2 aromatic carbocycles. The summed E-state index contributed by atoms with van der Waals surface area (Å²) >= 11 is 0. The fourth-order valence-electron chi connectivity index (χ4n) is 3.39. The number of pyridine rings is 1. The Hall–Kier alpha value is -3.48. The molecular weight excluding hydrogens is 375 g/mol. The van der Waals surface area contributed by atoms with Gasteiger partial charge in [-0.25, -0.2) is 4.39 Å². The maximum atomic E-state index is 14.5. The van der Waals surface area contributed by atoms with Crippen molar-refractivity contribution in [1.29, 1.82) is 0 Å². The summed E-state index contributed by atoms with van der Waals surface area (Å²) in [6.07, 6.45) is 2.80. The van der Waals surface area contributed by atoms with Gasteiger partial charge in [0.05, 0.1) is 33.2 Å². The van der Waals surface area contributed by atoms with E-state index in [2.05, 4.69) is 4.98 Å². The molecule has 2 heterocycles. The van der Waals surface area contributed by atoms with E-state index in [1.807, 2.05) is 29.2 Å². The highest BCUT2D eigenvalue weighted by molar-refractivity contribution is 5.57. The molecule has 6 nitrogen and oxygen atoms in total. The van der Waals surface area contributed by atoms with E-state index in [0.717, 1.165) is 11.1 Å². The Labute approximate surface area is 168 Å². The molecule has 0 unspecified atom stereocenters. The van der Waals surface area contributed by atoms with Gasteiger partial charge in [-0.15, -0.1) is 0 Å². The summed E-state index contributed by atoms with van der Waals surface area (Å²) in [7, 11) is 4.75. The zero-order chi connectivity index (χ0) is 20.4. The number of benzene rings is 2. The second-order valence-corrected chi connectivity index (χ2v) is 6.57. The normalized spacial score (nSPS) is 12.8. The van der Waals surface area contributed by atoms with Crippen LogP contribution in [0.1, 0.15) is 11.1 Å². The van der Waals surface area contributed by atoms with Crippen LogP contribution < -0.4 is 23.8 Å². The highest BCUT2D eigenvalue weighted by Crippen LogP contribution is 2.41. The first-order chi connectivity index (χ1) is 14.1. The van der Waals surface area contributed by atoms with E-state index in [1.54, 1.807) is 39.7 Å². The van der Waals surface area contributed by atoms with Crippen LogP contribution in [0.15, 0.2) is 48.8 Å². The number of ether oxygens (including phenoxy) is 4. The topological polar surface area (TPSA) is 53.1 Å². The molecule has 3 aromatic rings. The van der Waals surface area contributed by atoms with E-state index in [9.17, 15) is 4.39 Å². The second-order valence-electron chi connectivity index (χ2n) is 6.57. The molecule has 0 saturated carbocycles. The molecule has 150 valence electrons. The maximum absolute atomic E-state index is 14.5. The number of nitrogens with zero attached hydrogens (tertiary/aromatic N) is 2. The lowest BCUT2D eigenvalue weighted by molar-refractivity contribution is 0.350. The van der Waals surface area contributed by atoms with E-state index >= 15 is 0 Å². The van der Waals surface area contributed by atoms with Crippen molar-refractivity contribution < 1.29 is 23.3 Å². The third kappa shape index (κ3) is 3.63. The largest absolute Gasteiger partial charge is 0.497 e. The van der Waals surface area contributed by atoms with E-state index in [-0.39, 0.29) is 5.82 Å². The van der Waals surface area contributed by atoms with Crippen LogP contribution in [0.2, 0.25) is 0 Å². The van der Waals surface area contributed by atoms with E-state index in [1.165, 1.54) is 6.20 Å². The fourth-order valence-corrected chi connectivity index (χ4v) is 3.39. The van der Waals surface area contributed by atoms with Gasteiger partial charge in [0, 0.05) is 42.5 Å². The molecule has 1 aliphatic heterocycles. The molecule has 1 aliphatic rings. The van der Waals surface area contributed by atoms with Gasteiger partial charge in [-0.3, -0.25) is 4.98 Å². The Morgan fingerprint density at radius 1 is 0.897 bits per heavy atom. The van der Waals surface area contributed by atoms with Gasteiger partial charge in [0.2, 0.25) is 0 Å². The Morgan fingerprint density at radius 3 is 2.34 bits per heavy atom. The molecule has 1 aromatic heterocycles. The van der Waals surface area contributed by atoms with Gasteiger partial charge in [0.15, 0.2) is 17.3 Å². The molecule has 0 N–H and O–H groups in total. The molecule has 0 bridgehead atoms. The predicted molar refractivity (Wildman–Crippen MR) is 107 cm³/mol. The standard InChI is InChI=1S/C22H21FN2O4/c1-26-16-5-4-14-12-25(18-6-7-24-11-17(18)23)13-15-8-21(27-2)22(28-3)10-20(15)29-19(14)9-16/h4-11H,12-13H2,1-3H3. The number of aromatic nitrogens is 1. The molecule has 0 saturated heterocycles. The summed E-state index contributed by atoms with van der Waals surface area (Å²) in [4.78, 5) is 5.80. The summed E-state index contributed by atoms with van der Waals surface area (Å²) in [5, 5.41) is 0. The molecule has 0 aliphatic carbocycles. The zero-order valence-electron chi connectivity index (χ0n) is 16.4. The average molecular weight is 396 g/mol. The van der Waals surface area contributed by atoms with Crippen molar-refractivity contribution in [2.75, 3.05) is 26.2 Å². The first-order valence-corrected chi connectivity index (χ1v) is 9.07. The van der Waals surface area contributed by atoms with Crippen molar-refractivity contribution in [3.63, 3.8) is 0 Å². The summed E-state index contributed by atoms with van der Waals surface area (Å²) in [5.74, 6) is 2.67. The molecule has 7 heteroatoms. The molecular formula is C22H21FN2O4. The summed E-state index contributed by atoms with van der Waals surface area (Å²) in [6, 6.07) is 10.9. The summed E-state index contributed by atoms with van der Waals surface area (Å²) in [6.45, 7) is 0.871. The molecule has 0 atom stereocenters. The van der Waals surface area contributed by atoms with Gasteiger partial charge in [0.1, 0.15) is 17.2 Å². The minimum atomic E-state index is -0.383. The molecule has 0 amide bonds. The number of rotatable bonds is 4. The minimum absolute atomic E-state index is 0.383. The van der Waals surface area contributed by atoms with Crippen molar-refractivity contribution in [2.24, 2.45) is 0 Å². The minimum Gasteiger partial charge on any atom is -0.497 e. The van der Waals surface area contributed by atoms with Gasteiger partial charge in [0.25, 0.3) is 0 Å². The fraction of sp³-hybridized carbons (Fsp3) is 0.227. The van der Waals surface area contributed by atoms with E-state index < -0.39 is 0 Å². The summed E-state index contributed by atoms with van der Waals surface area (Å²) in [5.41, 5.74) is 2.21. The van der Waals surface area contributed by atoms with Crippen LogP contribution in [0, 0.1) is 5.82 Å². The van der Waals surface area contributed by atoms with Crippen LogP contribution in [0.25, 0.3) is 0 Å². The van der Waals surface area contributed by atoms with Crippen LogP contribution in [-0.4, -0.2) is 26.3 Å². The number of fused-ring (bicyclic) bond motifs is 2. The van der Waals surface area contributed by atoms with Crippen molar-refractivity contribution >= 4 is 5.69 Å². The Kier molecular flexibility index (Phi) is 5.12. The molecule has 0 fully saturated rings. The number of hydrogen-bond acceptors (Lipinski definition) is 6. The Bertz CT molecular complexity index is 1040. The number of hydrogen-bond donors (Lipinski definition) is 0. The van der Waals surface area contributed by atoms with Gasteiger partial charge >= 0.3 is 0 Å². The SMILES string of the molecule is COc1ccc2c(c1)Oc1cc(OC)c(OC)cc1CN(c1ccncc1F)C2. The van der Waals surface area contributed by atoms with Crippen LogP contribution >= 0.6 is 0 Å². The number of methoxy groups -OCH3 is 3. The quantitative estimate of drug-likeness (QED) is 0.645. The van der Waals surface area contributed by atoms with Crippen LogP contribution in [0.4, 0.5) is 10.1 Å². The van der Waals surface area contributed by atoms with Gasteiger partial charge in [-0.05, 0) is 24.3 Å². The number of halogens is 1. The molecule has 0 spiro atoms. The van der Waals surface area contributed by atoms with Crippen LogP contribution in [-0.2, 0) is 13.1 Å². The Morgan fingerprint density at radius 2 is 1.62 bits per heavy atom. The van der Waals surface area contributed by atoms with Crippen molar-refractivity contribution in [3.05, 3.63) is 65.7 Å². The van der Waals surface area contributed by atoms with Crippen molar-refractivity contribution in [2.45, 2.75) is 13.1 Å². The first kappa shape index (κ1) is 18.9. The smallest absolute Gasteiger partial charge is 0.164 e. The van der Waals surface area contributed by atoms with Crippen LogP contribution in [0.5, 0.6) is 28.7 Å². The maximum Gasteiger partial charge on any atom is 0.164 e. The molecule has 29 heavy (non-hydrogen) atoms. The van der Waals surface area contributed by atoms with Crippen molar-refractivity contribution in [1.82, 2.24) is 4.98 Å². The monoisotopic (exact) mass is 396 g/mol. The number of anilines is 1. The highest BCUT2D eigenvalue weighted by atomic mass is 19.1. The first-order valence-electron chi connectivity index (χ1n) is 9.07. The second kappa shape index (κ2) is 7.87. The third-order valence-corrected chi connectivity index (χ3v) is 4.88. The lowest BCUT2D eigenvalue weighted by Gasteiger charge is -2.30. The van der Waals surface area contributed by atoms with Gasteiger partial charge in [-0.2, -0.15) is 0 Å². The van der Waals surface area contributed by atoms with Crippen molar-refractivity contribution in [3.8, 4) is 28.7 Å². The average Bonchev–Trinajstić information content (AvgIpc) is 2.73. The highest BCUT2D eigenvalue weighted by Gasteiger charge is 2.23. The predicted octanol–water partition coefficient (Wildman–Crippen LogP) is 4.56. The van der Waals surface area contributed by atoms with E-state index in [4.69, 9.17) is 18.9 Å². The lowest BCUT2D eigenvalue weighted by atomic mass is 10.1. The Balaban J connectivity index is 1.88. The van der Waals surface area contributed by atoms with Gasteiger partial charge in [-0.1, -0.05) is 0 Å². The lowest BCUT2D eigenvalue weighted by Crippen LogP contribution is -2.25. The van der Waals surface area contributed by atoms with Gasteiger partial charge < -0.3 is 23.8 Å². The zero-order valence-corrected chi connectivity index (χ0v) is 16.4. The van der Waals surface area contributed by atoms with Crippen LogP contribution in [0.3, 0.4) is 0 Å². The molecule has 0 radical (unpaired) electrons.